The van der Waals surface area contributed by atoms with Crippen molar-refractivity contribution in [1.82, 2.24) is 14.7 Å². The van der Waals surface area contributed by atoms with Crippen molar-refractivity contribution in [3.63, 3.8) is 0 Å². The van der Waals surface area contributed by atoms with Crippen LogP contribution in [0.3, 0.4) is 0 Å². The van der Waals surface area contributed by atoms with Crippen LogP contribution in [-0.4, -0.2) is 40.8 Å². The normalized spacial score (nSPS) is 14.6. The van der Waals surface area contributed by atoms with Gasteiger partial charge in [0.05, 0.1) is 18.4 Å². The molecule has 6 nitrogen and oxygen atoms in total. The summed E-state index contributed by atoms with van der Waals surface area (Å²) in [7, 11) is 1.63. The summed E-state index contributed by atoms with van der Waals surface area (Å²) < 4.78 is 6.81. The van der Waals surface area contributed by atoms with E-state index in [0.717, 1.165) is 34.7 Å². The summed E-state index contributed by atoms with van der Waals surface area (Å²) in [4.78, 5) is 27.9. The topological polar surface area (TPSA) is 64.4 Å². The van der Waals surface area contributed by atoms with Gasteiger partial charge in [0.25, 0.3) is 5.56 Å². The van der Waals surface area contributed by atoms with E-state index in [1.165, 1.54) is 0 Å². The molecule has 0 unspecified atom stereocenters. The van der Waals surface area contributed by atoms with Crippen LogP contribution in [0.15, 0.2) is 58.7 Å². The molecular weight excluding hydrogens is 398 g/mol. The van der Waals surface area contributed by atoms with Gasteiger partial charge in [-0.1, -0.05) is 18.2 Å². The molecule has 0 bridgehead atoms. The van der Waals surface area contributed by atoms with Crippen molar-refractivity contribution < 1.29 is 9.53 Å². The Kier molecular flexibility index (Phi) is 6.28. The van der Waals surface area contributed by atoms with Gasteiger partial charge in [-0.2, -0.15) is 5.10 Å². The molecular formula is C23H25N3O3S. The van der Waals surface area contributed by atoms with Crippen LogP contribution in [0.5, 0.6) is 5.75 Å². The molecule has 1 saturated heterocycles. The maximum Gasteiger partial charge on any atom is 0.266 e. The second kappa shape index (κ2) is 9.26. The molecule has 2 aromatic heterocycles. The maximum atomic E-state index is 12.7. The highest BCUT2D eigenvalue weighted by molar-refractivity contribution is 7.13. The number of ether oxygens (including phenoxy) is 1. The van der Waals surface area contributed by atoms with E-state index in [-0.39, 0.29) is 11.5 Å². The molecule has 7 heteroatoms. The van der Waals surface area contributed by atoms with Crippen LogP contribution >= 0.6 is 11.3 Å². The molecule has 0 saturated carbocycles. The molecule has 1 aliphatic heterocycles. The molecule has 0 atom stereocenters. The maximum absolute atomic E-state index is 12.7. The smallest absolute Gasteiger partial charge is 0.266 e. The summed E-state index contributed by atoms with van der Waals surface area (Å²) in [5.41, 5.74) is 1.71. The van der Waals surface area contributed by atoms with Gasteiger partial charge in [0.2, 0.25) is 5.91 Å². The van der Waals surface area contributed by atoms with Crippen LogP contribution < -0.4 is 10.3 Å². The van der Waals surface area contributed by atoms with Gasteiger partial charge in [0.15, 0.2) is 0 Å². The van der Waals surface area contributed by atoms with Crippen LogP contribution in [0, 0.1) is 5.92 Å². The Morgan fingerprint density at radius 1 is 1.17 bits per heavy atom. The molecule has 1 amide bonds. The minimum absolute atomic E-state index is 0.0770. The summed E-state index contributed by atoms with van der Waals surface area (Å²) in [6.07, 6.45) is 2.13. The van der Waals surface area contributed by atoms with Gasteiger partial charge in [0, 0.05) is 25.7 Å². The molecule has 4 rings (SSSR count). The molecule has 1 aromatic carbocycles. The van der Waals surface area contributed by atoms with E-state index in [9.17, 15) is 9.59 Å². The predicted molar refractivity (Wildman–Crippen MR) is 118 cm³/mol. The summed E-state index contributed by atoms with van der Waals surface area (Å²) in [5, 5.41) is 6.56. The summed E-state index contributed by atoms with van der Waals surface area (Å²) >= 11 is 1.61. The van der Waals surface area contributed by atoms with E-state index in [1.807, 2.05) is 46.7 Å². The Morgan fingerprint density at radius 3 is 2.73 bits per heavy atom. The van der Waals surface area contributed by atoms with Crippen LogP contribution in [0.25, 0.3) is 10.6 Å². The lowest BCUT2D eigenvalue weighted by atomic mass is 9.96. The van der Waals surface area contributed by atoms with Gasteiger partial charge in [-0.05, 0) is 54.0 Å². The molecule has 0 radical (unpaired) electrons. The largest absolute Gasteiger partial charge is 0.497 e. The molecule has 30 heavy (non-hydrogen) atoms. The zero-order valence-corrected chi connectivity index (χ0v) is 17.8. The number of piperidine rings is 1. The third-order valence-electron chi connectivity index (χ3n) is 5.53. The van der Waals surface area contributed by atoms with Gasteiger partial charge < -0.3 is 9.64 Å². The lowest BCUT2D eigenvalue weighted by molar-refractivity contribution is -0.131. The minimum atomic E-state index is -0.0770. The molecule has 3 aromatic rings. The van der Waals surface area contributed by atoms with Crippen molar-refractivity contribution in [3.8, 4) is 16.3 Å². The van der Waals surface area contributed by atoms with E-state index < -0.39 is 0 Å². The number of hydrogen-bond donors (Lipinski definition) is 0. The van der Waals surface area contributed by atoms with Crippen molar-refractivity contribution in [1.29, 1.82) is 0 Å². The fourth-order valence-electron chi connectivity index (χ4n) is 3.81. The molecule has 156 valence electrons. The molecule has 0 spiro atoms. The number of thiophene rings is 1. The van der Waals surface area contributed by atoms with Crippen LogP contribution in [0.2, 0.25) is 0 Å². The number of hydrogen-bond acceptors (Lipinski definition) is 5. The lowest BCUT2D eigenvalue weighted by Crippen LogP contribution is -2.41. The standard InChI is InChI=1S/C23H25N3O3S/c1-29-19-5-2-4-18(14-19)15-23(28)25-11-9-17(10-12-25)16-26-22(27)8-7-20(24-26)21-6-3-13-30-21/h2-8,13-14,17H,9-12,15-16H2,1H3. The van der Waals surface area contributed by atoms with E-state index >= 15 is 0 Å². The number of rotatable bonds is 6. The highest BCUT2D eigenvalue weighted by atomic mass is 32.1. The second-order valence-electron chi connectivity index (χ2n) is 7.57. The average molecular weight is 424 g/mol. The number of amides is 1. The third kappa shape index (κ3) is 4.79. The van der Waals surface area contributed by atoms with Gasteiger partial charge in [-0.25, -0.2) is 4.68 Å². The summed E-state index contributed by atoms with van der Waals surface area (Å²) in [6, 6.07) is 15.0. The Morgan fingerprint density at radius 2 is 2.00 bits per heavy atom. The van der Waals surface area contributed by atoms with Crippen molar-refractivity contribution in [2.24, 2.45) is 5.92 Å². The summed E-state index contributed by atoms with van der Waals surface area (Å²) in [5.74, 6) is 1.24. The number of carbonyl (C=O) groups excluding carboxylic acids is 1. The number of carbonyl (C=O) groups is 1. The zero-order valence-electron chi connectivity index (χ0n) is 17.0. The van der Waals surface area contributed by atoms with Crippen molar-refractivity contribution in [2.45, 2.75) is 25.8 Å². The fourth-order valence-corrected chi connectivity index (χ4v) is 4.50. The summed E-state index contributed by atoms with van der Waals surface area (Å²) in [6.45, 7) is 2.02. The van der Waals surface area contributed by atoms with Crippen molar-refractivity contribution in [3.05, 3.63) is 69.8 Å². The zero-order chi connectivity index (χ0) is 20.9. The number of methoxy groups -OCH3 is 1. The second-order valence-corrected chi connectivity index (χ2v) is 8.52. The van der Waals surface area contributed by atoms with E-state index in [1.54, 1.807) is 35.3 Å². The van der Waals surface area contributed by atoms with E-state index in [0.29, 0.717) is 32.0 Å². The van der Waals surface area contributed by atoms with Gasteiger partial charge in [-0.15, -0.1) is 11.3 Å². The number of benzene rings is 1. The molecule has 3 heterocycles. The SMILES string of the molecule is COc1cccc(CC(=O)N2CCC(Cn3nc(-c4cccs4)ccc3=O)CC2)c1. The Hall–Kier alpha value is -2.93. The van der Waals surface area contributed by atoms with Gasteiger partial charge in [0.1, 0.15) is 11.4 Å². The van der Waals surface area contributed by atoms with E-state index in [4.69, 9.17) is 4.74 Å². The van der Waals surface area contributed by atoms with Crippen molar-refractivity contribution in [2.75, 3.05) is 20.2 Å². The Bertz CT molecular complexity index is 1050. The lowest BCUT2D eigenvalue weighted by Gasteiger charge is -2.32. The fraction of sp³-hybridized carbons (Fsp3) is 0.348. The van der Waals surface area contributed by atoms with Crippen LogP contribution in [-0.2, 0) is 17.8 Å². The number of aromatic nitrogens is 2. The first-order chi connectivity index (χ1) is 14.6. The Balaban J connectivity index is 1.34. The highest BCUT2D eigenvalue weighted by Gasteiger charge is 2.24. The van der Waals surface area contributed by atoms with Gasteiger partial charge >= 0.3 is 0 Å². The average Bonchev–Trinajstić information content (AvgIpc) is 3.31. The Labute approximate surface area is 179 Å². The van der Waals surface area contributed by atoms with Crippen LogP contribution in [0.4, 0.5) is 0 Å². The minimum Gasteiger partial charge on any atom is -0.497 e. The monoisotopic (exact) mass is 423 g/mol. The van der Waals surface area contributed by atoms with Crippen LogP contribution in [0.1, 0.15) is 18.4 Å². The highest BCUT2D eigenvalue weighted by Crippen LogP contribution is 2.23. The molecule has 1 aliphatic rings. The van der Waals surface area contributed by atoms with Crippen molar-refractivity contribution >= 4 is 17.2 Å². The predicted octanol–water partition coefficient (Wildman–Crippen LogP) is 3.46. The number of nitrogens with zero attached hydrogens (tertiary/aromatic N) is 3. The van der Waals surface area contributed by atoms with Gasteiger partial charge in [-0.3, -0.25) is 9.59 Å². The quantitative estimate of drug-likeness (QED) is 0.609. The first kappa shape index (κ1) is 20.3. The molecule has 0 aliphatic carbocycles. The molecule has 1 fully saturated rings. The van der Waals surface area contributed by atoms with E-state index in [2.05, 4.69) is 5.10 Å². The first-order valence-electron chi connectivity index (χ1n) is 10.1. The first-order valence-corrected chi connectivity index (χ1v) is 11.0. The third-order valence-corrected chi connectivity index (χ3v) is 6.42. The number of likely N-dealkylation sites (tertiary alicyclic amines) is 1. The molecule has 0 N–H and O–H groups in total.